The van der Waals surface area contributed by atoms with Crippen LogP contribution in [0.2, 0.25) is 0 Å². The summed E-state index contributed by atoms with van der Waals surface area (Å²) >= 11 is 5.56. The summed E-state index contributed by atoms with van der Waals surface area (Å²) in [7, 11) is 0. The Morgan fingerprint density at radius 3 is 2.23 bits per heavy atom. The molecular weight excluding hydrogens is 408 g/mol. The summed E-state index contributed by atoms with van der Waals surface area (Å²) in [6.45, 7) is 3.39. The molecule has 0 saturated carbocycles. The second-order valence-corrected chi connectivity index (χ2v) is 6.14. The molecule has 2 amide bonds. The molecule has 0 spiro atoms. The lowest BCUT2D eigenvalue weighted by Crippen LogP contribution is -2.36. The lowest BCUT2D eigenvalue weighted by atomic mass is 10.1. The third-order valence-corrected chi connectivity index (χ3v) is 4.38. The number of nitrogens with zero attached hydrogens (tertiary/aromatic N) is 1. The fourth-order valence-corrected chi connectivity index (χ4v) is 3.34. The van der Waals surface area contributed by atoms with Crippen molar-refractivity contribution >= 4 is 40.0 Å². The molecule has 2 heterocycles. The Balaban J connectivity index is -0.000000322. The number of rotatable bonds is 4. The summed E-state index contributed by atoms with van der Waals surface area (Å²) in [5.74, 6) is -0.0753. The van der Waals surface area contributed by atoms with E-state index in [2.05, 4.69) is 16.0 Å². The lowest BCUT2D eigenvalue weighted by Gasteiger charge is -2.18. The minimum atomic E-state index is -0.0420. The molecule has 0 radical (unpaired) electrons. The maximum atomic E-state index is 12.3. The van der Waals surface area contributed by atoms with Crippen LogP contribution in [0.5, 0.6) is 0 Å². The standard InChI is InChI=1S/C17H20N4O2S.7CH4/c1-11(22)18-8-4-9-20-17(24)21-13-6-3-2-5-12(13)15-14(21)7-10-19-16(15)23;;;;;;;/h2-3,5-6H,4,7-10H2,1H3,(H,18,22)(H,19,23)(H,20,24);7*1H4. The first kappa shape index (κ1) is 39.1. The maximum Gasteiger partial charge on any atom is 0.253 e. The van der Waals surface area contributed by atoms with Gasteiger partial charge in [-0.25, -0.2) is 0 Å². The topological polar surface area (TPSA) is 75.2 Å². The van der Waals surface area contributed by atoms with Gasteiger partial charge in [-0.05, 0) is 24.7 Å². The van der Waals surface area contributed by atoms with Gasteiger partial charge in [-0.1, -0.05) is 70.2 Å². The van der Waals surface area contributed by atoms with Gasteiger partial charge in [0.25, 0.3) is 5.91 Å². The Morgan fingerprint density at radius 2 is 1.61 bits per heavy atom. The number of benzene rings is 1. The molecular formula is C24H48N4O2S. The van der Waals surface area contributed by atoms with Crippen molar-refractivity contribution in [3.63, 3.8) is 0 Å². The highest BCUT2D eigenvalue weighted by Gasteiger charge is 2.26. The molecule has 182 valence electrons. The van der Waals surface area contributed by atoms with Crippen molar-refractivity contribution in [3.05, 3.63) is 35.5 Å². The predicted octanol–water partition coefficient (Wildman–Crippen LogP) is 5.63. The number of thiocarbonyl (C=S) groups is 1. The monoisotopic (exact) mass is 456 g/mol. The van der Waals surface area contributed by atoms with E-state index in [0.29, 0.717) is 24.7 Å². The van der Waals surface area contributed by atoms with Gasteiger partial charge in [0.1, 0.15) is 0 Å². The molecule has 0 saturated heterocycles. The largest absolute Gasteiger partial charge is 0.362 e. The van der Waals surface area contributed by atoms with Crippen molar-refractivity contribution in [2.45, 2.75) is 71.8 Å². The van der Waals surface area contributed by atoms with Gasteiger partial charge in [-0.3, -0.25) is 14.2 Å². The summed E-state index contributed by atoms with van der Waals surface area (Å²) < 4.78 is 1.97. The van der Waals surface area contributed by atoms with Crippen molar-refractivity contribution < 1.29 is 9.59 Å². The molecule has 2 aromatic rings. The van der Waals surface area contributed by atoms with E-state index in [-0.39, 0.29) is 63.8 Å². The van der Waals surface area contributed by atoms with E-state index in [4.69, 9.17) is 12.2 Å². The molecule has 7 heteroatoms. The maximum absolute atomic E-state index is 12.3. The zero-order valence-corrected chi connectivity index (χ0v) is 14.3. The number of hydrogen-bond donors (Lipinski definition) is 3. The molecule has 0 aliphatic carbocycles. The fourth-order valence-electron chi connectivity index (χ4n) is 3.02. The highest BCUT2D eigenvalue weighted by Crippen LogP contribution is 2.28. The Bertz CT molecular complexity index is 815. The molecule has 3 N–H and O–H groups in total. The third kappa shape index (κ3) is 8.32. The van der Waals surface area contributed by atoms with Crippen LogP contribution in [0.1, 0.15) is 81.4 Å². The zero-order chi connectivity index (χ0) is 17.1. The summed E-state index contributed by atoms with van der Waals surface area (Å²) in [5.41, 5.74) is 2.62. The smallest absolute Gasteiger partial charge is 0.253 e. The molecule has 1 aromatic carbocycles. The van der Waals surface area contributed by atoms with Crippen LogP contribution in [0.3, 0.4) is 0 Å². The number of carbonyl (C=O) groups is 2. The van der Waals surface area contributed by atoms with Crippen molar-refractivity contribution in [1.82, 2.24) is 20.5 Å². The summed E-state index contributed by atoms with van der Waals surface area (Å²) in [5, 5.41) is 10.4. The van der Waals surface area contributed by atoms with Gasteiger partial charge in [0, 0.05) is 44.1 Å². The molecule has 0 fully saturated rings. The van der Waals surface area contributed by atoms with Gasteiger partial charge in [0.05, 0.1) is 11.1 Å². The van der Waals surface area contributed by atoms with Crippen LogP contribution in [0.4, 0.5) is 0 Å². The van der Waals surface area contributed by atoms with Crippen LogP contribution in [0.25, 0.3) is 10.9 Å². The summed E-state index contributed by atoms with van der Waals surface area (Å²) in [6.07, 6.45) is 1.53. The highest BCUT2D eigenvalue weighted by atomic mass is 32.1. The SMILES string of the molecule is C.C.C.C.C.C.C.CC(=O)NCCCNC(=S)n1c2c(c3ccccc31)C(=O)NCC2. The van der Waals surface area contributed by atoms with Crippen molar-refractivity contribution in [3.8, 4) is 0 Å². The normalized spacial score (nSPS) is 10.3. The molecule has 6 nitrogen and oxygen atoms in total. The van der Waals surface area contributed by atoms with Crippen LogP contribution >= 0.6 is 12.2 Å². The van der Waals surface area contributed by atoms with Gasteiger partial charge >= 0.3 is 0 Å². The van der Waals surface area contributed by atoms with Gasteiger partial charge in [-0.2, -0.15) is 0 Å². The van der Waals surface area contributed by atoms with Crippen LogP contribution in [-0.2, 0) is 11.2 Å². The van der Waals surface area contributed by atoms with E-state index in [9.17, 15) is 9.59 Å². The van der Waals surface area contributed by atoms with E-state index >= 15 is 0 Å². The fraction of sp³-hybridized carbons (Fsp3) is 0.542. The van der Waals surface area contributed by atoms with E-state index in [1.165, 1.54) is 6.92 Å². The van der Waals surface area contributed by atoms with E-state index in [1.807, 2.05) is 28.8 Å². The number of hydrogen-bond acceptors (Lipinski definition) is 3. The number of para-hydroxylation sites is 1. The predicted molar refractivity (Wildman–Crippen MR) is 144 cm³/mol. The molecule has 0 atom stereocenters. The molecule has 0 unspecified atom stereocenters. The molecule has 31 heavy (non-hydrogen) atoms. The average Bonchev–Trinajstić information content (AvgIpc) is 2.89. The van der Waals surface area contributed by atoms with Gasteiger partial charge in [0.15, 0.2) is 5.11 Å². The van der Waals surface area contributed by atoms with Gasteiger partial charge < -0.3 is 16.0 Å². The van der Waals surface area contributed by atoms with Crippen LogP contribution in [0, 0.1) is 0 Å². The zero-order valence-electron chi connectivity index (χ0n) is 13.5. The summed E-state index contributed by atoms with van der Waals surface area (Å²) in [4.78, 5) is 23.1. The third-order valence-electron chi connectivity index (χ3n) is 4.05. The first-order valence-electron chi connectivity index (χ1n) is 8.02. The first-order chi connectivity index (χ1) is 11.6. The molecule has 1 aromatic heterocycles. The minimum absolute atomic E-state index is 0. The number of fused-ring (bicyclic) bond motifs is 3. The van der Waals surface area contributed by atoms with Gasteiger partial charge in [0.2, 0.25) is 5.91 Å². The van der Waals surface area contributed by atoms with E-state index < -0.39 is 0 Å². The van der Waals surface area contributed by atoms with Crippen molar-refractivity contribution in [1.29, 1.82) is 0 Å². The second kappa shape index (κ2) is 17.3. The summed E-state index contributed by atoms with van der Waals surface area (Å²) in [6, 6.07) is 7.81. The molecule has 1 aliphatic heterocycles. The number of amides is 2. The highest BCUT2D eigenvalue weighted by molar-refractivity contribution is 7.80. The molecule has 3 rings (SSSR count). The van der Waals surface area contributed by atoms with Crippen LogP contribution < -0.4 is 16.0 Å². The van der Waals surface area contributed by atoms with E-state index in [0.717, 1.165) is 35.0 Å². The first-order valence-corrected chi connectivity index (χ1v) is 8.43. The number of carbonyl (C=O) groups excluding carboxylic acids is 2. The Hall–Kier alpha value is -2.41. The second-order valence-electron chi connectivity index (χ2n) is 5.75. The Morgan fingerprint density at radius 1 is 1.03 bits per heavy atom. The van der Waals surface area contributed by atoms with Gasteiger partial charge in [-0.15, -0.1) is 0 Å². The van der Waals surface area contributed by atoms with E-state index in [1.54, 1.807) is 0 Å². The Labute approximate surface area is 197 Å². The lowest BCUT2D eigenvalue weighted by molar-refractivity contribution is -0.118. The quantitative estimate of drug-likeness (QED) is 0.412. The van der Waals surface area contributed by atoms with Crippen LogP contribution in [-0.4, -0.2) is 41.1 Å². The average molecular weight is 457 g/mol. The number of aromatic nitrogens is 1. The minimum Gasteiger partial charge on any atom is -0.362 e. The molecule has 0 bridgehead atoms. The van der Waals surface area contributed by atoms with Crippen molar-refractivity contribution in [2.24, 2.45) is 0 Å². The number of nitrogens with one attached hydrogen (secondary N) is 3. The van der Waals surface area contributed by atoms with Crippen molar-refractivity contribution in [2.75, 3.05) is 19.6 Å². The van der Waals surface area contributed by atoms with Crippen LogP contribution in [0.15, 0.2) is 24.3 Å². The molecule has 1 aliphatic rings. The Kier molecular flexibility index (Phi) is 21.8.